The minimum absolute atomic E-state index is 0.304. The van der Waals surface area contributed by atoms with Crippen LogP contribution >= 0.6 is 0 Å². The minimum atomic E-state index is -0.509. The van der Waals surface area contributed by atoms with Crippen molar-refractivity contribution in [1.82, 2.24) is 19.9 Å². The molecular weight excluding hydrogens is 268 g/mol. The maximum absolute atomic E-state index is 11.6. The third-order valence-electron chi connectivity index (χ3n) is 2.69. The van der Waals surface area contributed by atoms with Gasteiger partial charge in [-0.3, -0.25) is 4.98 Å². The lowest BCUT2D eigenvalue weighted by Crippen LogP contribution is -2.32. The summed E-state index contributed by atoms with van der Waals surface area (Å²) in [7, 11) is 1.88. The first kappa shape index (κ1) is 15.0. The summed E-state index contributed by atoms with van der Waals surface area (Å²) in [5, 5.41) is 2.70. The summed E-state index contributed by atoms with van der Waals surface area (Å²) in [6.45, 7) is 5.78. The second-order valence-electron chi connectivity index (χ2n) is 5.72. The Hall–Kier alpha value is -2.37. The molecule has 0 radical (unpaired) electrons. The molecule has 0 bridgehead atoms. The van der Waals surface area contributed by atoms with E-state index in [4.69, 9.17) is 4.74 Å². The monoisotopic (exact) mass is 288 g/mol. The zero-order valence-electron chi connectivity index (χ0n) is 12.8. The van der Waals surface area contributed by atoms with Crippen molar-refractivity contribution < 1.29 is 9.53 Å². The van der Waals surface area contributed by atoms with Crippen LogP contribution in [0.15, 0.2) is 30.6 Å². The van der Waals surface area contributed by atoms with E-state index in [-0.39, 0.29) is 0 Å². The third-order valence-corrected chi connectivity index (χ3v) is 2.69. The van der Waals surface area contributed by atoms with E-state index in [0.717, 1.165) is 17.2 Å². The number of hydrogen-bond acceptors (Lipinski definition) is 4. The molecule has 1 N–H and O–H groups in total. The largest absolute Gasteiger partial charge is 0.444 e. The number of ether oxygens (including phenoxy) is 1. The first-order chi connectivity index (χ1) is 9.85. The van der Waals surface area contributed by atoms with E-state index in [1.165, 1.54) is 0 Å². The number of aryl methyl sites for hydroxylation is 1. The number of hydrogen-bond donors (Lipinski definition) is 1. The van der Waals surface area contributed by atoms with Crippen molar-refractivity contribution in [3.63, 3.8) is 0 Å². The van der Waals surface area contributed by atoms with Crippen molar-refractivity contribution in [2.75, 3.05) is 0 Å². The van der Waals surface area contributed by atoms with Crippen LogP contribution in [0.2, 0.25) is 0 Å². The summed E-state index contributed by atoms with van der Waals surface area (Å²) >= 11 is 0. The van der Waals surface area contributed by atoms with Gasteiger partial charge in [-0.2, -0.15) is 0 Å². The fraction of sp³-hybridized carbons (Fsp3) is 0.400. The molecule has 0 spiro atoms. The zero-order chi connectivity index (χ0) is 15.5. The van der Waals surface area contributed by atoms with Crippen molar-refractivity contribution in [1.29, 1.82) is 0 Å². The average Bonchev–Trinajstić information content (AvgIpc) is 2.77. The van der Waals surface area contributed by atoms with E-state index < -0.39 is 11.7 Å². The quantitative estimate of drug-likeness (QED) is 0.942. The van der Waals surface area contributed by atoms with Crippen molar-refractivity contribution in [2.24, 2.45) is 7.05 Å². The third kappa shape index (κ3) is 4.30. The number of nitrogens with one attached hydrogen (secondary N) is 1. The first-order valence-corrected chi connectivity index (χ1v) is 6.75. The molecule has 0 unspecified atom stereocenters. The van der Waals surface area contributed by atoms with E-state index in [9.17, 15) is 4.79 Å². The van der Waals surface area contributed by atoms with Crippen LogP contribution in [0.25, 0.3) is 11.4 Å². The Morgan fingerprint density at radius 2 is 2.10 bits per heavy atom. The van der Waals surface area contributed by atoms with Crippen LogP contribution in [-0.4, -0.2) is 26.2 Å². The summed E-state index contributed by atoms with van der Waals surface area (Å²) in [6, 6.07) is 5.67. The number of alkyl carbamates (subject to hydrolysis) is 1. The topological polar surface area (TPSA) is 69.0 Å². The van der Waals surface area contributed by atoms with Crippen LogP contribution in [0.5, 0.6) is 0 Å². The predicted molar refractivity (Wildman–Crippen MR) is 79.5 cm³/mol. The molecule has 1 amide bonds. The Morgan fingerprint density at radius 3 is 2.71 bits per heavy atom. The van der Waals surface area contributed by atoms with Gasteiger partial charge in [-0.1, -0.05) is 6.07 Å². The fourth-order valence-electron chi connectivity index (χ4n) is 1.77. The molecule has 0 aliphatic carbocycles. The van der Waals surface area contributed by atoms with Crippen LogP contribution in [0.1, 0.15) is 26.6 Å². The highest BCUT2D eigenvalue weighted by Crippen LogP contribution is 2.15. The number of carbonyl (C=O) groups is 1. The van der Waals surface area contributed by atoms with Crippen molar-refractivity contribution in [3.05, 3.63) is 36.4 Å². The van der Waals surface area contributed by atoms with Crippen molar-refractivity contribution in [2.45, 2.75) is 32.9 Å². The summed E-state index contributed by atoms with van der Waals surface area (Å²) in [4.78, 5) is 20.4. The Bertz CT molecular complexity index is 614. The second kappa shape index (κ2) is 5.95. The van der Waals surface area contributed by atoms with Gasteiger partial charge in [0.2, 0.25) is 0 Å². The predicted octanol–water partition coefficient (Wildman–Crippen LogP) is 2.51. The fourth-order valence-corrected chi connectivity index (χ4v) is 1.77. The molecular formula is C15H20N4O2. The van der Waals surface area contributed by atoms with Crippen LogP contribution in [0, 0.1) is 0 Å². The smallest absolute Gasteiger partial charge is 0.408 e. The highest BCUT2D eigenvalue weighted by Gasteiger charge is 2.16. The lowest BCUT2D eigenvalue weighted by Gasteiger charge is -2.19. The van der Waals surface area contributed by atoms with E-state index in [1.807, 2.05) is 56.8 Å². The Kier molecular flexibility index (Phi) is 4.26. The SMILES string of the molecule is Cn1cc(-c2ccccn2)nc1CNC(=O)OC(C)(C)C. The van der Waals surface area contributed by atoms with E-state index in [0.29, 0.717) is 6.54 Å². The number of carbonyl (C=O) groups excluding carboxylic acids is 1. The molecule has 0 atom stereocenters. The maximum atomic E-state index is 11.6. The highest BCUT2D eigenvalue weighted by molar-refractivity contribution is 5.67. The Balaban J connectivity index is 2.02. The molecule has 2 aromatic heterocycles. The summed E-state index contributed by atoms with van der Waals surface area (Å²) in [5.74, 6) is 0.738. The Morgan fingerprint density at radius 1 is 1.33 bits per heavy atom. The average molecular weight is 288 g/mol. The lowest BCUT2D eigenvalue weighted by molar-refractivity contribution is 0.0522. The van der Waals surface area contributed by atoms with Crippen LogP contribution in [0.4, 0.5) is 4.79 Å². The number of amides is 1. The lowest BCUT2D eigenvalue weighted by atomic mass is 10.2. The molecule has 0 aliphatic heterocycles. The van der Waals surface area contributed by atoms with Crippen molar-refractivity contribution >= 4 is 6.09 Å². The Labute approximate surface area is 124 Å². The molecule has 2 aromatic rings. The van der Waals surface area contributed by atoms with Gasteiger partial charge in [-0.25, -0.2) is 9.78 Å². The highest BCUT2D eigenvalue weighted by atomic mass is 16.6. The van der Waals surface area contributed by atoms with Gasteiger partial charge in [0.1, 0.15) is 17.1 Å². The second-order valence-corrected chi connectivity index (χ2v) is 5.72. The molecule has 21 heavy (non-hydrogen) atoms. The summed E-state index contributed by atoms with van der Waals surface area (Å²) in [6.07, 6.45) is 3.15. The van der Waals surface area contributed by atoms with Crippen LogP contribution in [-0.2, 0) is 18.3 Å². The van der Waals surface area contributed by atoms with E-state index in [2.05, 4.69) is 15.3 Å². The molecule has 0 saturated carbocycles. The van der Waals surface area contributed by atoms with Gasteiger partial charge in [0, 0.05) is 19.4 Å². The number of imidazole rings is 1. The number of rotatable bonds is 3. The number of aromatic nitrogens is 3. The molecule has 0 aliphatic rings. The number of nitrogens with zero attached hydrogens (tertiary/aromatic N) is 3. The van der Waals surface area contributed by atoms with Crippen LogP contribution < -0.4 is 5.32 Å². The molecule has 0 fully saturated rings. The zero-order valence-corrected chi connectivity index (χ0v) is 12.8. The molecule has 2 heterocycles. The van der Waals surface area contributed by atoms with Gasteiger partial charge in [-0.05, 0) is 32.9 Å². The van der Waals surface area contributed by atoms with E-state index >= 15 is 0 Å². The molecule has 2 rings (SSSR count). The minimum Gasteiger partial charge on any atom is -0.444 e. The maximum Gasteiger partial charge on any atom is 0.408 e. The van der Waals surface area contributed by atoms with Gasteiger partial charge in [0.05, 0.1) is 12.2 Å². The summed E-state index contributed by atoms with van der Waals surface area (Å²) < 4.78 is 7.05. The number of pyridine rings is 1. The van der Waals surface area contributed by atoms with Gasteiger partial charge in [0.15, 0.2) is 0 Å². The van der Waals surface area contributed by atoms with Gasteiger partial charge in [0.25, 0.3) is 0 Å². The van der Waals surface area contributed by atoms with E-state index in [1.54, 1.807) is 6.20 Å². The first-order valence-electron chi connectivity index (χ1n) is 6.75. The normalized spacial score (nSPS) is 11.2. The molecule has 6 nitrogen and oxygen atoms in total. The molecule has 0 aromatic carbocycles. The van der Waals surface area contributed by atoms with Gasteiger partial charge < -0.3 is 14.6 Å². The van der Waals surface area contributed by atoms with Gasteiger partial charge >= 0.3 is 6.09 Å². The molecule has 6 heteroatoms. The van der Waals surface area contributed by atoms with Crippen molar-refractivity contribution in [3.8, 4) is 11.4 Å². The summed E-state index contributed by atoms with van der Waals surface area (Å²) in [5.41, 5.74) is 1.07. The van der Waals surface area contributed by atoms with Gasteiger partial charge in [-0.15, -0.1) is 0 Å². The molecule has 112 valence electrons. The standard InChI is InChI=1S/C15H20N4O2/c1-15(2,3)21-14(20)17-9-13-18-12(10-19(13)4)11-7-5-6-8-16-11/h5-8,10H,9H2,1-4H3,(H,17,20). The van der Waals surface area contributed by atoms with Crippen LogP contribution in [0.3, 0.4) is 0 Å². The molecule has 0 saturated heterocycles.